The van der Waals surface area contributed by atoms with E-state index in [-0.39, 0.29) is 33.2 Å². The Bertz CT molecular complexity index is 734. The number of hydrogen-bond donors (Lipinski definition) is 4. The second kappa shape index (κ2) is 5.88. The third-order valence-electron chi connectivity index (χ3n) is 4.00. The highest BCUT2D eigenvalue weighted by atomic mass is 35.5. The molecule has 0 spiro atoms. The Hall–Kier alpha value is -1.62. The first-order valence-electron chi connectivity index (χ1n) is 6.91. The van der Waals surface area contributed by atoms with Gasteiger partial charge in [0.1, 0.15) is 5.75 Å². The molecule has 1 aliphatic heterocycles. The topological polar surface area (TPSA) is 72.7 Å². The van der Waals surface area contributed by atoms with E-state index in [0.29, 0.717) is 19.5 Å². The SMILES string of the molecule is Oc1cc(C2CNCCc3c2cc(O)c(O)c3Cl)ccc1Cl. The van der Waals surface area contributed by atoms with Gasteiger partial charge in [0.2, 0.25) is 0 Å². The van der Waals surface area contributed by atoms with Gasteiger partial charge < -0.3 is 20.6 Å². The molecule has 4 nitrogen and oxygen atoms in total. The van der Waals surface area contributed by atoms with Gasteiger partial charge in [-0.25, -0.2) is 0 Å². The molecule has 116 valence electrons. The predicted molar refractivity (Wildman–Crippen MR) is 86.3 cm³/mol. The fourth-order valence-electron chi connectivity index (χ4n) is 2.86. The van der Waals surface area contributed by atoms with E-state index < -0.39 is 0 Å². The molecule has 4 N–H and O–H groups in total. The van der Waals surface area contributed by atoms with Gasteiger partial charge in [-0.1, -0.05) is 29.3 Å². The normalized spacial score (nSPS) is 17.8. The molecule has 0 saturated carbocycles. The molecule has 0 radical (unpaired) electrons. The fraction of sp³-hybridized carbons (Fsp3) is 0.250. The van der Waals surface area contributed by atoms with Crippen LogP contribution < -0.4 is 5.32 Å². The van der Waals surface area contributed by atoms with E-state index in [1.54, 1.807) is 18.2 Å². The molecule has 1 heterocycles. The summed E-state index contributed by atoms with van der Waals surface area (Å²) < 4.78 is 0. The molecule has 0 aromatic heterocycles. The van der Waals surface area contributed by atoms with Crippen LogP contribution in [-0.4, -0.2) is 28.4 Å². The summed E-state index contributed by atoms with van der Waals surface area (Å²) >= 11 is 12.1. The van der Waals surface area contributed by atoms with Crippen LogP contribution in [0.2, 0.25) is 10.0 Å². The number of benzene rings is 2. The molecule has 6 heteroatoms. The van der Waals surface area contributed by atoms with Crippen LogP contribution in [0.3, 0.4) is 0 Å². The molecule has 0 fully saturated rings. The minimum absolute atomic E-state index is 0.0130. The van der Waals surface area contributed by atoms with Crippen molar-refractivity contribution in [3.05, 3.63) is 51.0 Å². The van der Waals surface area contributed by atoms with E-state index in [1.165, 1.54) is 0 Å². The lowest BCUT2D eigenvalue weighted by Crippen LogP contribution is -2.20. The first-order valence-corrected chi connectivity index (χ1v) is 7.67. The summed E-state index contributed by atoms with van der Waals surface area (Å²) in [5.74, 6) is -0.627. The maximum atomic E-state index is 9.89. The number of nitrogens with one attached hydrogen (secondary N) is 1. The van der Waals surface area contributed by atoms with Crippen molar-refractivity contribution >= 4 is 23.2 Å². The van der Waals surface area contributed by atoms with Crippen molar-refractivity contribution in [1.29, 1.82) is 0 Å². The molecule has 1 atom stereocenters. The summed E-state index contributed by atoms with van der Waals surface area (Å²) in [6.45, 7) is 1.35. The summed E-state index contributed by atoms with van der Waals surface area (Å²) in [7, 11) is 0. The van der Waals surface area contributed by atoms with Crippen molar-refractivity contribution in [3.8, 4) is 17.2 Å². The average Bonchev–Trinajstić information content (AvgIpc) is 2.70. The number of rotatable bonds is 1. The number of phenols is 3. The Morgan fingerprint density at radius 1 is 1.05 bits per heavy atom. The second-order valence-electron chi connectivity index (χ2n) is 5.34. The minimum Gasteiger partial charge on any atom is -0.506 e. The molecule has 1 unspecified atom stereocenters. The van der Waals surface area contributed by atoms with Gasteiger partial charge in [-0.15, -0.1) is 0 Å². The van der Waals surface area contributed by atoms with Crippen LogP contribution >= 0.6 is 23.2 Å². The number of hydrogen-bond acceptors (Lipinski definition) is 4. The predicted octanol–water partition coefficient (Wildman–Crippen LogP) is 3.39. The van der Waals surface area contributed by atoms with Crippen molar-refractivity contribution in [3.63, 3.8) is 0 Å². The van der Waals surface area contributed by atoms with Crippen molar-refractivity contribution < 1.29 is 15.3 Å². The summed E-state index contributed by atoms with van der Waals surface area (Å²) in [5.41, 5.74) is 2.51. The number of halogens is 2. The van der Waals surface area contributed by atoms with Crippen molar-refractivity contribution in [2.45, 2.75) is 12.3 Å². The number of phenolic OH excluding ortho intramolecular Hbond substituents is 3. The van der Waals surface area contributed by atoms with Gasteiger partial charge in [0.25, 0.3) is 0 Å². The Morgan fingerprint density at radius 2 is 1.82 bits per heavy atom. The van der Waals surface area contributed by atoms with Crippen LogP contribution in [0, 0.1) is 0 Å². The molecular weight excluding hydrogens is 325 g/mol. The maximum absolute atomic E-state index is 9.89. The summed E-state index contributed by atoms with van der Waals surface area (Å²) in [6.07, 6.45) is 0.651. The first-order chi connectivity index (χ1) is 10.5. The largest absolute Gasteiger partial charge is 0.506 e. The lowest BCUT2D eigenvalue weighted by Gasteiger charge is -2.20. The van der Waals surface area contributed by atoms with Crippen LogP contribution in [0.1, 0.15) is 22.6 Å². The van der Waals surface area contributed by atoms with Crippen molar-refractivity contribution in [1.82, 2.24) is 5.32 Å². The van der Waals surface area contributed by atoms with Gasteiger partial charge in [-0.3, -0.25) is 0 Å². The highest BCUT2D eigenvalue weighted by Crippen LogP contribution is 2.43. The average molecular weight is 340 g/mol. The fourth-order valence-corrected chi connectivity index (χ4v) is 3.28. The van der Waals surface area contributed by atoms with Gasteiger partial charge in [0.05, 0.1) is 10.0 Å². The molecule has 22 heavy (non-hydrogen) atoms. The highest BCUT2D eigenvalue weighted by molar-refractivity contribution is 6.33. The molecule has 2 aromatic carbocycles. The molecule has 0 bridgehead atoms. The smallest absolute Gasteiger partial charge is 0.176 e. The second-order valence-corrected chi connectivity index (χ2v) is 6.13. The van der Waals surface area contributed by atoms with Crippen LogP contribution in [0.4, 0.5) is 0 Å². The summed E-state index contributed by atoms with van der Waals surface area (Å²) in [6, 6.07) is 6.63. The lowest BCUT2D eigenvalue weighted by molar-refractivity contribution is 0.402. The number of aromatic hydroxyl groups is 3. The summed E-state index contributed by atoms with van der Waals surface area (Å²) in [5, 5.41) is 33.3. The Labute approximate surface area is 137 Å². The first kappa shape index (κ1) is 15.3. The maximum Gasteiger partial charge on any atom is 0.176 e. The van der Waals surface area contributed by atoms with E-state index in [9.17, 15) is 15.3 Å². The Kier molecular flexibility index (Phi) is 4.08. The van der Waals surface area contributed by atoms with Crippen molar-refractivity contribution in [2.75, 3.05) is 13.1 Å². The minimum atomic E-state index is -0.292. The van der Waals surface area contributed by atoms with Gasteiger partial charge >= 0.3 is 0 Å². The van der Waals surface area contributed by atoms with E-state index in [2.05, 4.69) is 5.32 Å². The zero-order valence-electron chi connectivity index (χ0n) is 11.6. The van der Waals surface area contributed by atoms with E-state index in [4.69, 9.17) is 23.2 Å². The van der Waals surface area contributed by atoms with Crippen LogP contribution in [0.15, 0.2) is 24.3 Å². The van der Waals surface area contributed by atoms with Gasteiger partial charge in [-0.2, -0.15) is 0 Å². The Morgan fingerprint density at radius 3 is 2.55 bits per heavy atom. The van der Waals surface area contributed by atoms with Crippen LogP contribution in [-0.2, 0) is 6.42 Å². The van der Waals surface area contributed by atoms with Gasteiger partial charge in [0.15, 0.2) is 11.5 Å². The van der Waals surface area contributed by atoms with Crippen LogP contribution in [0.5, 0.6) is 17.2 Å². The van der Waals surface area contributed by atoms with E-state index >= 15 is 0 Å². The van der Waals surface area contributed by atoms with Crippen molar-refractivity contribution in [2.24, 2.45) is 0 Å². The third-order valence-corrected chi connectivity index (χ3v) is 4.73. The molecule has 1 aliphatic rings. The molecule has 2 aromatic rings. The van der Waals surface area contributed by atoms with E-state index in [1.807, 2.05) is 6.07 Å². The standard InChI is InChI=1S/C16H15Cl2NO3/c17-12-2-1-8(5-13(12)20)11-7-19-4-3-9-10(11)6-14(21)16(22)15(9)18/h1-2,5-6,11,19-22H,3-4,7H2. The third kappa shape index (κ3) is 2.58. The van der Waals surface area contributed by atoms with Gasteiger partial charge in [0, 0.05) is 12.5 Å². The summed E-state index contributed by atoms with van der Waals surface area (Å²) in [4.78, 5) is 0. The zero-order valence-corrected chi connectivity index (χ0v) is 13.1. The molecule has 0 aliphatic carbocycles. The quantitative estimate of drug-likeness (QED) is 0.601. The molecule has 3 rings (SSSR count). The van der Waals surface area contributed by atoms with E-state index in [0.717, 1.165) is 16.7 Å². The highest BCUT2D eigenvalue weighted by Gasteiger charge is 2.25. The monoisotopic (exact) mass is 339 g/mol. The number of fused-ring (bicyclic) bond motifs is 1. The molecule has 0 amide bonds. The Balaban J connectivity index is 2.16. The van der Waals surface area contributed by atoms with Crippen LogP contribution in [0.25, 0.3) is 0 Å². The van der Waals surface area contributed by atoms with Gasteiger partial charge in [-0.05, 0) is 47.9 Å². The zero-order chi connectivity index (χ0) is 15.9. The molecular formula is C16H15Cl2NO3. The lowest BCUT2D eigenvalue weighted by atomic mass is 9.87. The molecule has 0 saturated heterocycles.